The molecule has 3 rings (SSSR count). The second kappa shape index (κ2) is 8.96. The van der Waals surface area contributed by atoms with E-state index in [1.165, 1.54) is 23.8 Å². The number of carbonyl (C=O) groups is 1. The van der Waals surface area contributed by atoms with Gasteiger partial charge in [-0.3, -0.25) is 4.79 Å². The van der Waals surface area contributed by atoms with Gasteiger partial charge in [0.25, 0.3) is 0 Å². The summed E-state index contributed by atoms with van der Waals surface area (Å²) < 4.78 is 28.0. The topological polar surface area (TPSA) is 87.3 Å². The van der Waals surface area contributed by atoms with Crippen LogP contribution in [0.2, 0.25) is 0 Å². The molecule has 2 aromatic rings. The Morgan fingerprint density at radius 2 is 2.04 bits per heavy atom. The number of amides is 1. The summed E-state index contributed by atoms with van der Waals surface area (Å²) in [5.41, 5.74) is 2.41. The first kappa shape index (κ1) is 20.9. The van der Waals surface area contributed by atoms with Crippen molar-refractivity contribution in [2.24, 2.45) is 0 Å². The van der Waals surface area contributed by atoms with Crippen LogP contribution in [-0.4, -0.2) is 27.4 Å². The Bertz CT molecular complexity index is 868. The van der Waals surface area contributed by atoms with E-state index < -0.39 is 10.0 Å². The minimum Gasteiger partial charge on any atom is -0.351 e. The van der Waals surface area contributed by atoms with Crippen LogP contribution in [0.1, 0.15) is 29.0 Å². The number of halogens is 1. The van der Waals surface area contributed by atoms with Crippen molar-refractivity contribution in [1.29, 1.82) is 0 Å². The summed E-state index contributed by atoms with van der Waals surface area (Å²) in [6.45, 7) is 2.91. The maximum Gasteiger partial charge on any atom is 0.250 e. The van der Waals surface area contributed by atoms with Crippen molar-refractivity contribution >= 4 is 39.7 Å². The molecular weight excluding hydrogens is 394 g/mol. The molecule has 1 amide bonds. The zero-order chi connectivity index (χ0) is 17.9. The van der Waals surface area contributed by atoms with Crippen LogP contribution in [0.25, 0.3) is 0 Å². The van der Waals surface area contributed by atoms with E-state index in [2.05, 4.69) is 21.4 Å². The molecule has 26 heavy (non-hydrogen) atoms. The molecule has 2 heterocycles. The van der Waals surface area contributed by atoms with E-state index in [4.69, 9.17) is 0 Å². The average Bonchev–Trinajstić information content (AvgIpc) is 3.08. The van der Waals surface area contributed by atoms with E-state index in [9.17, 15) is 13.2 Å². The highest BCUT2D eigenvalue weighted by molar-refractivity contribution is 7.91. The van der Waals surface area contributed by atoms with E-state index in [0.29, 0.717) is 13.1 Å². The quantitative estimate of drug-likeness (QED) is 0.673. The first-order valence-electron chi connectivity index (χ1n) is 8.10. The average molecular weight is 416 g/mol. The van der Waals surface area contributed by atoms with Crippen LogP contribution in [0.3, 0.4) is 0 Å². The maximum absolute atomic E-state index is 12.5. The number of carbonyl (C=O) groups excluding carboxylic acids is 1. The van der Waals surface area contributed by atoms with E-state index in [0.717, 1.165) is 23.4 Å². The summed E-state index contributed by atoms with van der Waals surface area (Å²) in [5, 5.41) is 6.03. The number of rotatable bonds is 6. The first-order valence-corrected chi connectivity index (χ1v) is 10.4. The Morgan fingerprint density at radius 1 is 1.27 bits per heavy atom. The molecule has 1 aromatic carbocycles. The lowest BCUT2D eigenvalue weighted by Gasteiger charge is -2.27. The molecule has 0 fully saturated rings. The SMILES string of the molecule is CC(=O)NCc1ccc(S(=O)(=O)NCC2NCCc3ccccc32)s1.Cl. The Hall–Kier alpha value is -1.45. The molecule has 9 heteroatoms. The molecule has 0 saturated heterocycles. The van der Waals surface area contributed by atoms with Gasteiger partial charge in [0.05, 0.1) is 6.54 Å². The molecule has 0 bridgehead atoms. The molecule has 1 aliphatic heterocycles. The van der Waals surface area contributed by atoms with E-state index >= 15 is 0 Å². The van der Waals surface area contributed by atoms with Gasteiger partial charge in [-0.05, 0) is 36.2 Å². The largest absolute Gasteiger partial charge is 0.351 e. The molecule has 142 valence electrons. The first-order chi connectivity index (χ1) is 12.0. The van der Waals surface area contributed by atoms with Crippen molar-refractivity contribution in [3.05, 3.63) is 52.4 Å². The van der Waals surface area contributed by atoms with Crippen LogP contribution < -0.4 is 15.4 Å². The number of sulfonamides is 1. The zero-order valence-electron chi connectivity index (χ0n) is 14.3. The molecule has 6 nitrogen and oxygen atoms in total. The number of thiophene rings is 1. The monoisotopic (exact) mass is 415 g/mol. The van der Waals surface area contributed by atoms with Gasteiger partial charge >= 0.3 is 0 Å². The lowest BCUT2D eigenvalue weighted by Crippen LogP contribution is -2.38. The third-order valence-corrected chi connectivity index (χ3v) is 7.11. The van der Waals surface area contributed by atoms with Gasteiger partial charge in [0.15, 0.2) is 0 Å². The Balaban J connectivity index is 0.00000243. The lowest BCUT2D eigenvalue weighted by molar-refractivity contribution is -0.119. The van der Waals surface area contributed by atoms with Crippen molar-refractivity contribution in [3.8, 4) is 0 Å². The number of nitrogens with one attached hydrogen (secondary N) is 3. The van der Waals surface area contributed by atoms with Crippen LogP contribution in [0.5, 0.6) is 0 Å². The van der Waals surface area contributed by atoms with Gasteiger partial charge in [0.2, 0.25) is 15.9 Å². The molecular formula is C17H22ClN3O3S2. The van der Waals surface area contributed by atoms with Crippen molar-refractivity contribution in [2.75, 3.05) is 13.1 Å². The van der Waals surface area contributed by atoms with Gasteiger partial charge in [-0.25, -0.2) is 13.1 Å². The predicted octanol–water partition coefficient (Wildman–Crippen LogP) is 1.97. The van der Waals surface area contributed by atoms with E-state index in [1.807, 2.05) is 18.2 Å². The number of fused-ring (bicyclic) bond motifs is 1. The molecule has 0 radical (unpaired) electrons. The number of benzene rings is 1. The van der Waals surface area contributed by atoms with Crippen LogP contribution >= 0.6 is 23.7 Å². The zero-order valence-corrected chi connectivity index (χ0v) is 16.8. The molecule has 0 spiro atoms. The van der Waals surface area contributed by atoms with Crippen molar-refractivity contribution in [3.63, 3.8) is 0 Å². The highest BCUT2D eigenvalue weighted by Gasteiger charge is 2.23. The second-order valence-corrected chi connectivity index (χ2v) is 9.10. The molecule has 1 unspecified atom stereocenters. The standard InChI is InChI=1S/C17H21N3O3S2.ClH/c1-12(21)19-10-14-6-7-17(24-14)25(22,23)20-11-16-15-5-3-2-4-13(15)8-9-18-16;/h2-7,16,18,20H,8-11H2,1H3,(H,19,21);1H. The lowest BCUT2D eigenvalue weighted by atomic mass is 9.95. The summed E-state index contributed by atoms with van der Waals surface area (Å²) >= 11 is 1.17. The van der Waals surface area contributed by atoms with Crippen molar-refractivity contribution in [1.82, 2.24) is 15.4 Å². The third kappa shape index (κ3) is 5.05. The van der Waals surface area contributed by atoms with Gasteiger partial charge in [0, 0.05) is 24.4 Å². The van der Waals surface area contributed by atoms with Gasteiger partial charge in [-0.15, -0.1) is 23.7 Å². The second-order valence-electron chi connectivity index (χ2n) is 5.94. The molecule has 0 aliphatic carbocycles. The fraction of sp³-hybridized carbons (Fsp3) is 0.353. The normalized spacial score (nSPS) is 16.4. The number of hydrogen-bond donors (Lipinski definition) is 3. The Labute approximate surface area is 163 Å². The molecule has 3 N–H and O–H groups in total. The Kier molecular flexibility index (Phi) is 7.19. The van der Waals surface area contributed by atoms with Gasteiger partial charge in [-0.1, -0.05) is 24.3 Å². The van der Waals surface area contributed by atoms with Gasteiger partial charge in [-0.2, -0.15) is 0 Å². The summed E-state index contributed by atoms with van der Waals surface area (Å²) in [6, 6.07) is 11.4. The van der Waals surface area contributed by atoms with E-state index in [1.54, 1.807) is 12.1 Å². The smallest absolute Gasteiger partial charge is 0.250 e. The number of hydrogen-bond acceptors (Lipinski definition) is 5. The van der Waals surface area contributed by atoms with Crippen LogP contribution in [0.15, 0.2) is 40.6 Å². The predicted molar refractivity (Wildman–Crippen MR) is 105 cm³/mol. The fourth-order valence-electron chi connectivity index (χ4n) is 2.85. The van der Waals surface area contributed by atoms with Crippen molar-refractivity contribution < 1.29 is 13.2 Å². The van der Waals surface area contributed by atoms with Crippen molar-refractivity contribution in [2.45, 2.75) is 30.1 Å². The van der Waals surface area contributed by atoms with Crippen LogP contribution in [-0.2, 0) is 27.8 Å². The molecule has 0 saturated carbocycles. The maximum atomic E-state index is 12.5. The van der Waals surface area contributed by atoms with E-state index in [-0.39, 0.29) is 28.6 Å². The highest BCUT2D eigenvalue weighted by Crippen LogP contribution is 2.24. The highest BCUT2D eigenvalue weighted by atomic mass is 35.5. The summed E-state index contributed by atoms with van der Waals surface area (Å²) in [6.07, 6.45) is 0.955. The molecule has 1 atom stereocenters. The Morgan fingerprint density at radius 3 is 2.81 bits per heavy atom. The van der Waals surface area contributed by atoms with Gasteiger partial charge in [0.1, 0.15) is 4.21 Å². The fourth-order valence-corrected chi connectivity index (χ4v) is 5.24. The van der Waals surface area contributed by atoms with Crippen LogP contribution in [0, 0.1) is 0 Å². The van der Waals surface area contributed by atoms with Crippen LogP contribution in [0.4, 0.5) is 0 Å². The minimum absolute atomic E-state index is 0. The molecule has 1 aliphatic rings. The minimum atomic E-state index is -3.56. The molecule has 1 aromatic heterocycles. The summed E-state index contributed by atoms with van der Waals surface area (Å²) in [5.74, 6) is -0.141. The van der Waals surface area contributed by atoms with Gasteiger partial charge < -0.3 is 10.6 Å². The summed E-state index contributed by atoms with van der Waals surface area (Å²) in [7, 11) is -3.56. The summed E-state index contributed by atoms with van der Waals surface area (Å²) in [4.78, 5) is 11.8. The third-order valence-electron chi connectivity index (χ3n) is 4.11.